The Morgan fingerprint density at radius 1 is 1.04 bits per heavy atom. The molecule has 0 bridgehead atoms. The highest BCUT2D eigenvalue weighted by atomic mass is 32.2. The van der Waals surface area contributed by atoms with E-state index in [1.54, 1.807) is 12.1 Å². The Balaban J connectivity index is 1.93. The number of carbonyl (C=O) groups is 1. The van der Waals surface area contributed by atoms with Crippen LogP contribution in [0.3, 0.4) is 0 Å². The maximum absolute atomic E-state index is 12.8. The predicted molar refractivity (Wildman–Crippen MR) is 90.7 cm³/mol. The van der Waals surface area contributed by atoms with Crippen LogP contribution in [-0.2, 0) is 21.2 Å². The molecule has 0 aromatic heterocycles. The molecule has 0 unspecified atom stereocenters. The highest BCUT2D eigenvalue weighted by Crippen LogP contribution is 2.12. The van der Waals surface area contributed by atoms with Gasteiger partial charge in [0.15, 0.2) is 0 Å². The van der Waals surface area contributed by atoms with E-state index in [1.807, 2.05) is 6.92 Å². The lowest BCUT2D eigenvalue weighted by Gasteiger charge is -2.08. The van der Waals surface area contributed by atoms with Gasteiger partial charge in [0.05, 0.1) is 11.4 Å². The van der Waals surface area contributed by atoms with Crippen LogP contribution in [0.2, 0.25) is 0 Å². The number of hydrogen-bond acceptors (Lipinski definition) is 3. The number of benzene rings is 2. The van der Waals surface area contributed by atoms with Gasteiger partial charge in [-0.05, 0) is 48.4 Å². The molecular weight excluding hydrogens is 331 g/mol. The van der Waals surface area contributed by atoms with Gasteiger partial charge in [0.1, 0.15) is 5.82 Å². The van der Waals surface area contributed by atoms with E-state index in [1.165, 1.54) is 36.4 Å². The predicted octanol–water partition coefficient (Wildman–Crippen LogP) is 2.70. The van der Waals surface area contributed by atoms with E-state index in [4.69, 9.17) is 0 Å². The second-order valence-electron chi connectivity index (χ2n) is 5.27. The molecule has 2 N–H and O–H groups in total. The molecule has 0 atom stereocenters. The van der Waals surface area contributed by atoms with Gasteiger partial charge >= 0.3 is 0 Å². The van der Waals surface area contributed by atoms with E-state index in [2.05, 4.69) is 10.0 Å². The Kier molecular flexibility index (Phi) is 6.05. The summed E-state index contributed by atoms with van der Waals surface area (Å²) in [5, 5.41) is 2.49. The number of amides is 1. The van der Waals surface area contributed by atoms with Gasteiger partial charge in [-0.15, -0.1) is 0 Å². The van der Waals surface area contributed by atoms with E-state index < -0.39 is 28.3 Å². The number of nitrogens with one attached hydrogen (secondary N) is 2. The lowest BCUT2D eigenvalue weighted by atomic mass is 10.1. The monoisotopic (exact) mass is 350 g/mol. The minimum Gasteiger partial charge on any atom is -0.325 e. The van der Waals surface area contributed by atoms with Crippen molar-refractivity contribution >= 4 is 21.6 Å². The van der Waals surface area contributed by atoms with Gasteiger partial charge < -0.3 is 5.32 Å². The summed E-state index contributed by atoms with van der Waals surface area (Å²) in [6.45, 7) is 1.64. The quantitative estimate of drug-likeness (QED) is 0.806. The van der Waals surface area contributed by atoms with Crippen molar-refractivity contribution in [2.24, 2.45) is 0 Å². The van der Waals surface area contributed by atoms with E-state index in [0.29, 0.717) is 5.69 Å². The third kappa shape index (κ3) is 5.14. The fourth-order valence-corrected chi connectivity index (χ4v) is 3.09. The van der Waals surface area contributed by atoms with Crippen LogP contribution >= 0.6 is 0 Å². The van der Waals surface area contributed by atoms with Crippen molar-refractivity contribution in [2.45, 2.75) is 24.7 Å². The first-order chi connectivity index (χ1) is 11.4. The third-order valence-corrected chi connectivity index (χ3v) is 4.74. The van der Waals surface area contributed by atoms with E-state index >= 15 is 0 Å². The molecule has 0 aliphatic rings. The zero-order valence-electron chi connectivity index (χ0n) is 13.3. The van der Waals surface area contributed by atoms with Crippen molar-refractivity contribution < 1.29 is 17.6 Å². The maximum Gasteiger partial charge on any atom is 0.241 e. The van der Waals surface area contributed by atoms with Crippen molar-refractivity contribution in [1.29, 1.82) is 0 Å². The summed E-state index contributed by atoms with van der Waals surface area (Å²) in [5.74, 6) is -0.951. The molecule has 128 valence electrons. The highest BCUT2D eigenvalue weighted by molar-refractivity contribution is 7.89. The van der Waals surface area contributed by atoms with Crippen molar-refractivity contribution in [2.75, 3.05) is 11.9 Å². The SMILES string of the molecule is CCCc1ccc(S(=O)(=O)NCC(=O)Nc2ccc(F)cc2)cc1. The lowest BCUT2D eigenvalue weighted by Crippen LogP contribution is -2.32. The minimum absolute atomic E-state index is 0.108. The largest absolute Gasteiger partial charge is 0.325 e. The van der Waals surface area contributed by atoms with E-state index in [0.717, 1.165) is 18.4 Å². The first-order valence-electron chi connectivity index (χ1n) is 7.55. The van der Waals surface area contributed by atoms with Crippen LogP contribution in [0.15, 0.2) is 53.4 Å². The second-order valence-corrected chi connectivity index (χ2v) is 7.04. The molecule has 0 saturated heterocycles. The van der Waals surface area contributed by atoms with Gasteiger partial charge in [-0.2, -0.15) is 0 Å². The van der Waals surface area contributed by atoms with E-state index in [-0.39, 0.29) is 4.90 Å². The Bertz CT molecular complexity index is 788. The molecule has 5 nitrogen and oxygen atoms in total. The lowest BCUT2D eigenvalue weighted by molar-refractivity contribution is -0.115. The summed E-state index contributed by atoms with van der Waals surface area (Å²) in [6.07, 6.45) is 1.86. The Hall–Kier alpha value is -2.25. The van der Waals surface area contributed by atoms with Gasteiger partial charge in [0, 0.05) is 5.69 Å². The van der Waals surface area contributed by atoms with Gasteiger partial charge in [-0.3, -0.25) is 4.79 Å². The number of anilines is 1. The average Bonchev–Trinajstić information content (AvgIpc) is 2.56. The van der Waals surface area contributed by atoms with Crippen molar-refractivity contribution in [3.05, 3.63) is 59.9 Å². The Labute approximate surface area is 141 Å². The first kappa shape index (κ1) is 18.1. The highest BCUT2D eigenvalue weighted by Gasteiger charge is 2.15. The number of sulfonamides is 1. The minimum atomic E-state index is -3.76. The maximum atomic E-state index is 12.8. The van der Waals surface area contributed by atoms with Crippen LogP contribution in [0.1, 0.15) is 18.9 Å². The summed E-state index contributed by atoms with van der Waals surface area (Å²) in [5.41, 5.74) is 1.45. The van der Waals surface area contributed by atoms with Gasteiger partial charge in [-0.25, -0.2) is 17.5 Å². The van der Waals surface area contributed by atoms with Crippen molar-refractivity contribution in [3.8, 4) is 0 Å². The summed E-state index contributed by atoms with van der Waals surface area (Å²) in [6, 6.07) is 11.8. The zero-order valence-corrected chi connectivity index (χ0v) is 14.1. The number of aryl methyl sites for hydroxylation is 1. The van der Waals surface area contributed by atoms with Crippen LogP contribution in [0, 0.1) is 5.82 Å². The van der Waals surface area contributed by atoms with Gasteiger partial charge in [0.2, 0.25) is 15.9 Å². The van der Waals surface area contributed by atoms with Crippen LogP contribution in [0.4, 0.5) is 10.1 Å². The van der Waals surface area contributed by atoms with Crippen molar-refractivity contribution in [1.82, 2.24) is 4.72 Å². The molecule has 7 heteroatoms. The fourth-order valence-electron chi connectivity index (χ4n) is 2.11. The molecular formula is C17H19FN2O3S. The molecule has 0 aliphatic carbocycles. The molecule has 0 saturated carbocycles. The average molecular weight is 350 g/mol. The number of rotatable bonds is 7. The second kappa shape index (κ2) is 8.03. The number of carbonyl (C=O) groups excluding carboxylic acids is 1. The molecule has 0 fully saturated rings. The van der Waals surface area contributed by atoms with Gasteiger partial charge in [0.25, 0.3) is 0 Å². The molecule has 0 heterocycles. The van der Waals surface area contributed by atoms with Crippen LogP contribution in [0.5, 0.6) is 0 Å². The van der Waals surface area contributed by atoms with Crippen molar-refractivity contribution in [3.63, 3.8) is 0 Å². The Morgan fingerprint density at radius 3 is 2.25 bits per heavy atom. The normalized spacial score (nSPS) is 11.2. The molecule has 0 radical (unpaired) electrons. The number of halogens is 1. The molecule has 0 aliphatic heterocycles. The molecule has 2 aromatic carbocycles. The molecule has 0 spiro atoms. The number of hydrogen-bond donors (Lipinski definition) is 2. The summed E-state index contributed by atoms with van der Waals surface area (Å²) in [4.78, 5) is 11.9. The van der Waals surface area contributed by atoms with Crippen LogP contribution in [-0.4, -0.2) is 20.9 Å². The molecule has 24 heavy (non-hydrogen) atoms. The zero-order chi connectivity index (χ0) is 17.6. The standard InChI is InChI=1S/C17H19FN2O3S/c1-2-3-13-4-10-16(11-5-13)24(22,23)19-12-17(21)20-15-8-6-14(18)7-9-15/h4-11,19H,2-3,12H2,1H3,(H,20,21). The molecule has 2 aromatic rings. The third-order valence-electron chi connectivity index (χ3n) is 3.32. The van der Waals surface area contributed by atoms with Gasteiger partial charge in [-0.1, -0.05) is 25.5 Å². The summed E-state index contributed by atoms with van der Waals surface area (Å²) < 4.78 is 39.4. The van der Waals surface area contributed by atoms with E-state index in [9.17, 15) is 17.6 Å². The summed E-state index contributed by atoms with van der Waals surface area (Å²) >= 11 is 0. The smallest absolute Gasteiger partial charge is 0.241 e. The Morgan fingerprint density at radius 2 is 1.67 bits per heavy atom. The van der Waals surface area contributed by atoms with Crippen LogP contribution < -0.4 is 10.0 Å². The fraction of sp³-hybridized carbons (Fsp3) is 0.235. The molecule has 2 rings (SSSR count). The first-order valence-corrected chi connectivity index (χ1v) is 9.03. The van der Waals surface area contributed by atoms with Crippen LogP contribution in [0.25, 0.3) is 0 Å². The summed E-state index contributed by atoms with van der Waals surface area (Å²) in [7, 11) is -3.76. The topological polar surface area (TPSA) is 75.3 Å². The molecule has 1 amide bonds.